The highest BCUT2D eigenvalue weighted by Crippen LogP contribution is 2.18. The summed E-state index contributed by atoms with van der Waals surface area (Å²) in [6.45, 7) is 4.26. The standard InChI is InChI=1S/C25H38N2O4/c1-3-4-5-6-7-8-9-10-11-14-17-26-25(30)23(19(2)28)27-24(29)22-18-20-15-12-13-16-21(20)31-22/h12-13,15-16,18-19,23,28H,3-11,14,17H2,1-2H3,(H,26,30)(H,27,29)/t19-,23+/m1/s1. The third-order valence-electron chi connectivity index (χ3n) is 5.53. The van der Waals surface area contributed by atoms with Gasteiger partial charge in [0.15, 0.2) is 5.76 Å². The van der Waals surface area contributed by atoms with E-state index in [-0.39, 0.29) is 11.7 Å². The van der Waals surface area contributed by atoms with Crippen molar-refractivity contribution >= 4 is 22.8 Å². The molecule has 0 spiro atoms. The topological polar surface area (TPSA) is 91.6 Å². The van der Waals surface area contributed by atoms with Crippen LogP contribution in [0, 0.1) is 0 Å². The number of aliphatic hydroxyl groups excluding tert-OH is 1. The van der Waals surface area contributed by atoms with Crippen LogP contribution in [-0.2, 0) is 4.79 Å². The van der Waals surface area contributed by atoms with Gasteiger partial charge in [-0.3, -0.25) is 9.59 Å². The Morgan fingerprint density at radius 2 is 1.58 bits per heavy atom. The van der Waals surface area contributed by atoms with Gasteiger partial charge in [-0.25, -0.2) is 0 Å². The molecule has 6 nitrogen and oxygen atoms in total. The van der Waals surface area contributed by atoms with Crippen molar-refractivity contribution in [3.05, 3.63) is 36.1 Å². The zero-order valence-corrected chi connectivity index (χ0v) is 19.0. The van der Waals surface area contributed by atoms with E-state index in [9.17, 15) is 14.7 Å². The molecular formula is C25H38N2O4. The third kappa shape index (κ3) is 8.74. The molecule has 0 aliphatic heterocycles. The van der Waals surface area contributed by atoms with E-state index in [4.69, 9.17) is 4.42 Å². The van der Waals surface area contributed by atoms with Crippen LogP contribution in [0.25, 0.3) is 11.0 Å². The van der Waals surface area contributed by atoms with E-state index in [2.05, 4.69) is 17.6 Å². The summed E-state index contributed by atoms with van der Waals surface area (Å²) in [7, 11) is 0. The van der Waals surface area contributed by atoms with Crippen molar-refractivity contribution in [3.8, 4) is 0 Å². The van der Waals surface area contributed by atoms with Crippen molar-refractivity contribution in [1.29, 1.82) is 0 Å². The number of fused-ring (bicyclic) bond motifs is 1. The number of amides is 2. The fourth-order valence-electron chi connectivity index (χ4n) is 3.65. The molecule has 0 unspecified atom stereocenters. The van der Waals surface area contributed by atoms with Crippen molar-refractivity contribution in [2.45, 2.75) is 90.2 Å². The quantitative estimate of drug-likeness (QED) is 0.349. The van der Waals surface area contributed by atoms with Crippen LogP contribution in [0.15, 0.2) is 34.7 Å². The largest absolute Gasteiger partial charge is 0.451 e. The molecule has 0 saturated heterocycles. The second kappa shape index (κ2) is 13.9. The highest BCUT2D eigenvalue weighted by Gasteiger charge is 2.27. The maximum atomic E-state index is 12.5. The second-order valence-electron chi connectivity index (χ2n) is 8.31. The van der Waals surface area contributed by atoms with Gasteiger partial charge in [-0.15, -0.1) is 0 Å². The number of carbonyl (C=O) groups is 2. The summed E-state index contributed by atoms with van der Waals surface area (Å²) < 4.78 is 5.54. The lowest BCUT2D eigenvalue weighted by atomic mass is 10.1. The molecule has 0 radical (unpaired) electrons. The summed E-state index contributed by atoms with van der Waals surface area (Å²) >= 11 is 0. The van der Waals surface area contributed by atoms with Gasteiger partial charge in [0, 0.05) is 11.9 Å². The molecular weight excluding hydrogens is 392 g/mol. The summed E-state index contributed by atoms with van der Waals surface area (Å²) in [6.07, 6.45) is 11.3. The summed E-state index contributed by atoms with van der Waals surface area (Å²) in [6, 6.07) is 7.92. The Morgan fingerprint density at radius 1 is 0.968 bits per heavy atom. The highest BCUT2D eigenvalue weighted by molar-refractivity contribution is 5.98. The predicted molar refractivity (Wildman–Crippen MR) is 124 cm³/mol. The number of benzene rings is 1. The summed E-state index contributed by atoms with van der Waals surface area (Å²) in [4.78, 5) is 25.0. The first-order chi connectivity index (χ1) is 15.0. The molecule has 172 valence electrons. The molecule has 6 heteroatoms. The number of unbranched alkanes of at least 4 members (excludes halogenated alkanes) is 9. The van der Waals surface area contributed by atoms with Gasteiger partial charge >= 0.3 is 0 Å². The van der Waals surface area contributed by atoms with Crippen molar-refractivity contribution in [3.63, 3.8) is 0 Å². The van der Waals surface area contributed by atoms with Crippen LogP contribution >= 0.6 is 0 Å². The lowest BCUT2D eigenvalue weighted by Gasteiger charge is -2.20. The number of nitrogens with one attached hydrogen (secondary N) is 2. The average molecular weight is 431 g/mol. The maximum absolute atomic E-state index is 12.5. The van der Waals surface area contributed by atoms with Gasteiger partial charge in [-0.05, 0) is 25.5 Å². The molecule has 0 aliphatic carbocycles. The normalized spacial score (nSPS) is 13.1. The summed E-state index contributed by atoms with van der Waals surface area (Å²) in [5.74, 6) is -0.777. The van der Waals surface area contributed by atoms with Crippen molar-refractivity contribution in [2.75, 3.05) is 6.54 Å². The zero-order chi connectivity index (χ0) is 22.5. The third-order valence-corrected chi connectivity index (χ3v) is 5.53. The Morgan fingerprint density at radius 3 is 2.19 bits per heavy atom. The molecule has 3 N–H and O–H groups in total. The minimum absolute atomic E-state index is 0.120. The van der Waals surface area contributed by atoms with E-state index in [0.29, 0.717) is 12.1 Å². The van der Waals surface area contributed by atoms with Crippen molar-refractivity contribution in [2.24, 2.45) is 0 Å². The first-order valence-electron chi connectivity index (χ1n) is 11.8. The van der Waals surface area contributed by atoms with Crippen LogP contribution in [0.1, 0.15) is 88.6 Å². The Bertz CT molecular complexity index is 767. The summed E-state index contributed by atoms with van der Waals surface area (Å²) in [5.41, 5.74) is 0.603. The first kappa shape index (κ1) is 24.9. The van der Waals surface area contributed by atoms with Crippen molar-refractivity contribution in [1.82, 2.24) is 10.6 Å². The minimum Gasteiger partial charge on any atom is -0.451 e. The number of carbonyl (C=O) groups excluding carboxylic acids is 2. The zero-order valence-electron chi connectivity index (χ0n) is 19.0. The molecule has 2 rings (SSSR count). The Balaban J connectivity index is 1.66. The first-order valence-corrected chi connectivity index (χ1v) is 11.8. The monoisotopic (exact) mass is 430 g/mol. The maximum Gasteiger partial charge on any atom is 0.287 e. The van der Waals surface area contributed by atoms with Crippen molar-refractivity contribution < 1.29 is 19.1 Å². The Kier molecular flexibility index (Phi) is 11.1. The molecule has 2 atom stereocenters. The van der Waals surface area contributed by atoms with Gasteiger partial charge in [0.2, 0.25) is 5.91 Å². The molecule has 1 aromatic carbocycles. The van der Waals surface area contributed by atoms with E-state index >= 15 is 0 Å². The van der Waals surface area contributed by atoms with Gasteiger partial charge in [0.1, 0.15) is 11.6 Å². The fourth-order valence-corrected chi connectivity index (χ4v) is 3.65. The number of rotatable bonds is 15. The highest BCUT2D eigenvalue weighted by atomic mass is 16.3. The van der Waals surface area contributed by atoms with Crippen LogP contribution in [0.3, 0.4) is 0 Å². The molecule has 2 aromatic rings. The molecule has 0 fully saturated rings. The van der Waals surface area contributed by atoms with Gasteiger partial charge in [-0.2, -0.15) is 0 Å². The van der Waals surface area contributed by atoms with E-state index in [1.807, 2.05) is 18.2 Å². The van der Waals surface area contributed by atoms with Crippen LogP contribution < -0.4 is 10.6 Å². The molecule has 0 saturated carbocycles. The number of furan rings is 1. The number of para-hydroxylation sites is 1. The van der Waals surface area contributed by atoms with Gasteiger partial charge in [0.25, 0.3) is 5.91 Å². The fraction of sp³-hybridized carbons (Fsp3) is 0.600. The van der Waals surface area contributed by atoms with Crippen LogP contribution in [0.5, 0.6) is 0 Å². The van der Waals surface area contributed by atoms with Gasteiger partial charge in [-0.1, -0.05) is 82.9 Å². The number of hydrogen-bond acceptors (Lipinski definition) is 4. The Labute approximate surface area is 185 Å². The lowest BCUT2D eigenvalue weighted by molar-refractivity contribution is -0.125. The van der Waals surface area contributed by atoms with E-state index in [1.54, 1.807) is 12.1 Å². The SMILES string of the molecule is CCCCCCCCCCCCNC(=O)[C@@H](NC(=O)c1cc2ccccc2o1)[C@@H](C)O. The summed E-state index contributed by atoms with van der Waals surface area (Å²) in [5, 5.41) is 16.2. The minimum atomic E-state index is -1.02. The molecule has 0 aliphatic rings. The number of hydrogen-bond donors (Lipinski definition) is 3. The number of aliphatic hydroxyl groups is 1. The smallest absolute Gasteiger partial charge is 0.287 e. The van der Waals surface area contributed by atoms with Crippen LogP contribution in [-0.4, -0.2) is 35.6 Å². The molecule has 2 amide bonds. The van der Waals surface area contributed by atoms with E-state index in [0.717, 1.165) is 18.2 Å². The molecule has 0 bridgehead atoms. The predicted octanol–water partition coefficient (Wildman–Crippen LogP) is 4.95. The van der Waals surface area contributed by atoms with Crippen LogP contribution in [0.4, 0.5) is 0 Å². The Hall–Kier alpha value is -2.34. The molecule has 1 heterocycles. The lowest BCUT2D eigenvalue weighted by Crippen LogP contribution is -2.52. The van der Waals surface area contributed by atoms with E-state index < -0.39 is 18.1 Å². The van der Waals surface area contributed by atoms with Crippen LogP contribution in [0.2, 0.25) is 0 Å². The second-order valence-corrected chi connectivity index (χ2v) is 8.31. The molecule has 1 aromatic heterocycles. The van der Waals surface area contributed by atoms with Gasteiger partial charge in [0.05, 0.1) is 6.10 Å². The van der Waals surface area contributed by atoms with Gasteiger partial charge < -0.3 is 20.2 Å². The van der Waals surface area contributed by atoms with E-state index in [1.165, 1.54) is 58.3 Å². The average Bonchev–Trinajstić information content (AvgIpc) is 3.19. The molecule has 31 heavy (non-hydrogen) atoms.